The number of rotatable bonds is 6. The van der Waals surface area contributed by atoms with E-state index < -0.39 is 5.97 Å². The van der Waals surface area contributed by atoms with Gasteiger partial charge < -0.3 is 28.1 Å². The Morgan fingerprint density at radius 2 is 1.72 bits per heavy atom. The van der Waals surface area contributed by atoms with Crippen LogP contribution in [0.15, 0.2) is 52.8 Å². The highest BCUT2D eigenvalue weighted by molar-refractivity contribution is 6.15. The summed E-state index contributed by atoms with van der Waals surface area (Å²) >= 11 is 0. The quantitative estimate of drug-likeness (QED) is 0.318. The first-order chi connectivity index (χ1) is 15.4. The van der Waals surface area contributed by atoms with Gasteiger partial charge in [-0.05, 0) is 54.5 Å². The van der Waals surface area contributed by atoms with Crippen LogP contribution >= 0.6 is 0 Å². The standard InChI is InChI=1S/C24H20O8/c1-13-8-15(31-24(26)16-6-5-7-30-16)12-17-21(13)22(25)18(32-17)9-14-10-19(27-2)23(29-4)20(11-14)28-3/h5-12H,1-4H3/b18-9-. The van der Waals surface area contributed by atoms with E-state index in [-0.39, 0.29) is 23.1 Å². The number of carbonyl (C=O) groups is 2. The first-order valence-electron chi connectivity index (χ1n) is 9.59. The smallest absolute Gasteiger partial charge is 0.379 e. The molecule has 0 bridgehead atoms. The van der Waals surface area contributed by atoms with E-state index in [2.05, 4.69) is 0 Å². The van der Waals surface area contributed by atoms with Crippen molar-refractivity contribution in [3.63, 3.8) is 0 Å². The van der Waals surface area contributed by atoms with Crippen molar-refractivity contribution < 1.29 is 37.7 Å². The van der Waals surface area contributed by atoms with Gasteiger partial charge in [0.1, 0.15) is 11.5 Å². The largest absolute Gasteiger partial charge is 0.493 e. The monoisotopic (exact) mass is 436 g/mol. The predicted octanol–water partition coefficient (Wildman–Crippen LogP) is 4.45. The zero-order chi connectivity index (χ0) is 22.8. The predicted molar refractivity (Wildman–Crippen MR) is 114 cm³/mol. The van der Waals surface area contributed by atoms with E-state index in [1.165, 1.54) is 39.7 Å². The molecule has 8 heteroatoms. The maximum Gasteiger partial charge on any atom is 0.379 e. The summed E-state index contributed by atoms with van der Waals surface area (Å²) in [7, 11) is 4.53. The Kier molecular flexibility index (Phi) is 5.59. The average molecular weight is 436 g/mol. The summed E-state index contributed by atoms with van der Waals surface area (Å²) in [5.41, 5.74) is 1.64. The fraction of sp³-hybridized carbons (Fsp3) is 0.167. The normalized spacial score (nSPS) is 13.5. The van der Waals surface area contributed by atoms with Gasteiger partial charge in [-0.1, -0.05) is 0 Å². The van der Waals surface area contributed by atoms with Crippen LogP contribution in [0.4, 0.5) is 0 Å². The Balaban J connectivity index is 1.65. The van der Waals surface area contributed by atoms with Gasteiger partial charge in [0.15, 0.2) is 17.3 Å². The summed E-state index contributed by atoms with van der Waals surface area (Å²) in [6.07, 6.45) is 2.97. The maximum absolute atomic E-state index is 13.0. The molecule has 164 valence electrons. The van der Waals surface area contributed by atoms with Crippen LogP contribution in [-0.2, 0) is 0 Å². The third-order valence-electron chi connectivity index (χ3n) is 4.86. The molecule has 0 aliphatic carbocycles. The Bertz CT molecular complexity index is 1200. The molecule has 0 amide bonds. The Labute approximate surface area is 183 Å². The molecule has 1 aliphatic heterocycles. The van der Waals surface area contributed by atoms with Crippen LogP contribution in [0.1, 0.15) is 32.0 Å². The zero-order valence-corrected chi connectivity index (χ0v) is 17.9. The summed E-state index contributed by atoms with van der Waals surface area (Å²) in [5, 5.41) is 0. The lowest BCUT2D eigenvalue weighted by atomic mass is 10.0. The lowest BCUT2D eigenvalue weighted by Gasteiger charge is -2.13. The minimum atomic E-state index is -0.646. The van der Waals surface area contributed by atoms with Crippen LogP contribution in [0.25, 0.3) is 6.08 Å². The molecule has 0 saturated heterocycles. The zero-order valence-electron chi connectivity index (χ0n) is 17.9. The topological polar surface area (TPSA) is 93.4 Å². The third-order valence-corrected chi connectivity index (χ3v) is 4.86. The molecule has 0 unspecified atom stereocenters. The van der Waals surface area contributed by atoms with Gasteiger partial charge in [-0.15, -0.1) is 0 Å². The Morgan fingerprint density at radius 3 is 2.31 bits per heavy atom. The lowest BCUT2D eigenvalue weighted by Crippen LogP contribution is -2.07. The molecule has 0 fully saturated rings. The number of methoxy groups -OCH3 is 3. The van der Waals surface area contributed by atoms with Crippen LogP contribution < -0.4 is 23.7 Å². The molecule has 0 atom stereocenters. The van der Waals surface area contributed by atoms with Gasteiger partial charge >= 0.3 is 5.97 Å². The van der Waals surface area contributed by atoms with Crippen LogP contribution in [0, 0.1) is 6.92 Å². The van der Waals surface area contributed by atoms with Gasteiger partial charge in [-0.2, -0.15) is 0 Å². The summed E-state index contributed by atoms with van der Waals surface area (Å²) < 4.78 is 32.2. The van der Waals surface area contributed by atoms with Crippen LogP contribution in [0.5, 0.6) is 28.7 Å². The number of aryl methyl sites for hydroxylation is 1. The van der Waals surface area contributed by atoms with Gasteiger partial charge in [0.25, 0.3) is 0 Å². The highest BCUT2D eigenvalue weighted by Gasteiger charge is 2.30. The summed E-state index contributed by atoms with van der Waals surface area (Å²) in [5.74, 6) is 1.14. The van der Waals surface area contributed by atoms with Gasteiger partial charge in [0, 0.05) is 6.07 Å². The van der Waals surface area contributed by atoms with E-state index in [1.54, 1.807) is 37.3 Å². The number of fused-ring (bicyclic) bond motifs is 1. The van der Waals surface area contributed by atoms with Crippen LogP contribution in [0.2, 0.25) is 0 Å². The number of ether oxygens (including phenoxy) is 5. The first-order valence-corrected chi connectivity index (χ1v) is 9.59. The third kappa shape index (κ3) is 3.78. The fourth-order valence-electron chi connectivity index (χ4n) is 3.42. The van der Waals surface area contributed by atoms with Gasteiger partial charge in [-0.3, -0.25) is 4.79 Å². The molecule has 2 heterocycles. The van der Waals surface area contributed by atoms with Crippen molar-refractivity contribution in [3.8, 4) is 28.7 Å². The van der Waals surface area contributed by atoms with Gasteiger partial charge in [0.05, 0.1) is 33.2 Å². The Hall–Kier alpha value is -4.20. The number of carbonyl (C=O) groups excluding carboxylic acids is 2. The van der Waals surface area contributed by atoms with E-state index in [1.807, 2.05) is 0 Å². The molecule has 0 spiro atoms. The highest BCUT2D eigenvalue weighted by atomic mass is 16.6. The van der Waals surface area contributed by atoms with Crippen molar-refractivity contribution >= 4 is 17.8 Å². The number of ketones is 1. The molecule has 1 aliphatic rings. The lowest BCUT2D eigenvalue weighted by molar-refractivity contribution is 0.0701. The number of allylic oxidation sites excluding steroid dienone is 1. The van der Waals surface area contributed by atoms with E-state index in [0.29, 0.717) is 39.7 Å². The molecule has 3 aromatic rings. The first kappa shape index (κ1) is 21.0. The van der Waals surface area contributed by atoms with Gasteiger partial charge in [0.2, 0.25) is 17.3 Å². The van der Waals surface area contributed by atoms with Crippen molar-refractivity contribution in [2.24, 2.45) is 0 Å². The molecule has 0 radical (unpaired) electrons. The van der Waals surface area contributed by atoms with Crippen LogP contribution in [-0.4, -0.2) is 33.1 Å². The van der Waals surface area contributed by atoms with Crippen molar-refractivity contribution in [3.05, 3.63) is 70.9 Å². The summed E-state index contributed by atoms with van der Waals surface area (Å²) in [6.45, 7) is 1.74. The van der Waals surface area contributed by atoms with Crippen molar-refractivity contribution in [2.45, 2.75) is 6.92 Å². The highest BCUT2D eigenvalue weighted by Crippen LogP contribution is 2.41. The fourth-order valence-corrected chi connectivity index (χ4v) is 3.42. The second-order valence-electron chi connectivity index (χ2n) is 6.88. The second-order valence-corrected chi connectivity index (χ2v) is 6.88. The molecule has 2 aromatic carbocycles. The number of esters is 1. The molecule has 8 nitrogen and oxygen atoms in total. The number of benzene rings is 2. The number of hydrogen-bond donors (Lipinski definition) is 0. The molecule has 0 N–H and O–H groups in total. The van der Waals surface area contributed by atoms with Crippen molar-refractivity contribution in [1.29, 1.82) is 0 Å². The van der Waals surface area contributed by atoms with E-state index in [9.17, 15) is 9.59 Å². The van der Waals surface area contributed by atoms with E-state index in [0.717, 1.165) is 0 Å². The molecular weight excluding hydrogens is 416 g/mol. The van der Waals surface area contributed by atoms with Crippen LogP contribution in [0.3, 0.4) is 0 Å². The van der Waals surface area contributed by atoms with Crippen molar-refractivity contribution in [2.75, 3.05) is 21.3 Å². The molecule has 0 saturated carbocycles. The maximum atomic E-state index is 13.0. The molecule has 4 rings (SSSR count). The van der Waals surface area contributed by atoms with E-state index >= 15 is 0 Å². The minimum absolute atomic E-state index is 0.0723. The van der Waals surface area contributed by atoms with Gasteiger partial charge in [-0.25, -0.2) is 4.79 Å². The average Bonchev–Trinajstić information content (AvgIpc) is 3.42. The summed E-state index contributed by atoms with van der Waals surface area (Å²) in [4.78, 5) is 25.1. The minimum Gasteiger partial charge on any atom is -0.493 e. The van der Waals surface area contributed by atoms with E-state index in [4.69, 9.17) is 28.1 Å². The molecule has 32 heavy (non-hydrogen) atoms. The number of Topliss-reactive ketones (excluding diaryl/α,β-unsaturated/α-hetero) is 1. The molecule has 1 aromatic heterocycles. The number of hydrogen-bond acceptors (Lipinski definition) is 8. The number of furan rings is 1. The molecular formula is C24H20O8. The Morgan fingerprint density at radius 1 is 1.00 bits per heavy atom. The SMILES string of the molecule is COc1cc(/C=C2\Oc3cc(OC(=O)c4ccco4)cc(C)c3C2=O)cc(OC)c1OC. The van der Waals surface area contributed by atoms with Crippen molar-refractivity contribution in [1.82, 2.24) is 0 Å². The second kappa shape index (κ2) is 8.50. The summed E-state index contributed by atoms with van der Waals surface area (Å²) in [6, 6.07) is 9.60.